The number of rotatable bonds is 7. The molecule has 0 aliphatic heterocycles. The molecule has 112 valence electrons. The fourth-order valence-electron chi connectivity index (χ4n) is 1.62. The number of hydrogen-bond donors (Lipinski definition) is 1. The Bertz CT molecular complexity index is 592. The molecule has 0 aliphatic carbocycles. The first kappa shape index (κ1) is 16.4. The first-order valence-electron chi connectivity index (χ1n) is 6.19. The summed E-state index contributed by atoms with van der Waals surface area (Å²) < 4.78 is 31.0. The Hall–Kier alpha value is -1.67. The lowest BCUT2D eigenvalue weighted by Gasteiger charge is -2.19. The molecule has 0 atom stereocenters. The third kappa shape index (κ3) is 3.45. The number of esters is 1. The van der Waals surface area contributed by atoms with E-state index < -0.39 is 16.0 Å². The van der Waals surface area contributed by atoms with Gasteiger partial charge in [-0.2, -0.15) is 9.40 Å². The summed E-state index contributed by atoms with van der Waals surface area (Å²) in [5.41, 5.74) is 0.611. The van der Waals surface area contributed by atoms with Crippen LogP contribution >= 0.6 is 0 Å². The number of ether oxygens (including phenoxy) is 1. The molecule has 0 saturated carbocycles. The summed E-state index contributed by atoms with van der Waals surface area (Å²) in [4.78, 5) is 11.7. The van der Waals surface area contributed by atoms with Crippen molar-refractivity contribution in [3.63, 3.8) is 0 Å². The van der Waals surface area contributed by atoms with Crippen molar-refractivity contribution in [3.05, 3.63) is 23.9 Å². The van der Waals surface area contributed by atoms with Crippen molar-refractivity contribution in [2.24, 2.45) is 0 Å². The normalized spacial score (nSPS) is 11.6. The highest BCUT2D eigenvalue weighted by Gasteiger charge is 2.30. The van der Waals surface area contributed by atoms with Gasteiger partial charge in [-0.1, -0.05) is 19.1 Å². The van der Waals surface area contributed by atoms with Crippen LogP contribution in [0, 0.1) is 0 Å². The largest absolute Gasteiger partial charge is 0.462 e. The molecule has 0 bridgehead atoms. The van der Waals surface area contributed by atoms with Crippen LogP contribution in [-0.2, 0) is 14.8 Å². The van der Waals surface area contributed by atoms with Gasteiger partial charge in [0, 0.05) is 13.1 Å². The molecule has 1 aromatic rings. The van der Waals surface area contributed by atoms with Crippen LogP contribution in [0.3, 0.4) is 0 Å². The maximum absolute atomic E-state index is 12.5. The van der Waals surface area contributed by atoms with Crippen molar-refractivity contribution >= 4 is 16.0 Å². The second kappa shape index (κ2) is 6.67. The van der Waals surface area contributed by atoms with Gasteiger partial charge < -0.3 is 4.74 Å². The molecular formula is C12H19N3O4S. The van der Waals surface area contributed by atoms with Gasteiger partial charge in [0.05, 0.1) is 12.8 Å². The molecule has 0 radical (unpaired) electrons. The number of nitrogens with one attached hydrogen (secondary N) is 1. The maximum Gasteiger partial charge on any atom is 0.342 e. The standard InChI is InChI=1S/C12H19N3O4S/c1-5-15(8-9(3)4)20(17,18)11-10(7-13-14-11)12(16)19-6-2/h7H,3,5-6,8H2,1-2,4H3,(H,13,14). The van der Waals surface area contributed by atoms with E-state index in [1.54, 1.807) is 20.8 Å². The molecule has 7 nitrogen and oxygen atoms in total. The quantitative estimate of drug-likeness (QED) is 0.603. The highest BCUT2D eigenvalue weighted by molar-refractivity contribution is 7.89. The molecule has 0 aliphatic rings. The molecule has 0 unspecified atom stereocenters. The number of likely N-dealkylation sites (N-methyl/N-ethyl adjacent to an activating group) is 1. The number of sulfonamides is 1. The van der Waals surface area contributed by atoms with Crippen LogP contribution in [0.1, 0.15) is 31.1 Å². The van der Waals surface area contributed by atoms with Crippen LogP contribution < -0.4 is 0 Å². The van der Waals surface area contributed by atoms with Crippen LogP contribution in [0.25, 0.3) is 0 Å². The fourth-order valence-corrected chi connectivity index (χ4v) is 3.19. The van der Waals surface area contributed by atoms with Gasteiger partial charge in [0.2, 0.25) is 0 Å². The minimum atomic E-state index is -3.84. The molecule has 20 heavy (non-hydrogen) atoms. The van der Waals surface area contributed by atoms with Crippen molar-refractivity contribution < 1.29 is 17.9 Å². The smallest absolute Gasteiger partial charge is 0.342 e. The monoisotopic (exact) mass is 301 g/mol. The molecular weight excluding hydrogens is 282 g/mol. The highest BCUT2D eigenvalue weighted by atomic mass is 32.2. The number of hydrogen-bond acceptors (Lipinski definition) is 5. The molecule has 0 saturated heterocycles. The lowest BCUT2D eigenvalue weighted by molar-refractivity contribution is 0.0521. The van der Waals surface area contributed by atoms with Crippen molar-refractivity contribution in [2.45, 2.75) is 25.8 Å². The molecule has 1 aromatic heterocycles. The topological polar surface area (TPSA) is 92.4 Å². The SMILES string of the molecule is C=C(C)CN(CC)S(=O)(=O)c1[nH]ncc1C(=O)OCC. The first-order valence-corrected chi connectivity index (χ1v) is 7.63. The van der Waals surface area contributed by atoms with Crippen LogP contribution in [-0.4, -0.2) is 48.6 Å². The highest BCUT2D eigenvalue weighted by Crippen LogP contribution is 2.19. The Morgan fingerprint density at radius 1 is 1.50 bits per heavy atom. The maximum atomic E-state index is 12.5. The van der Waals surface area contributed by atoms with E-state index in [0.717, 1.165) is 6.20 Å². The van der Waals surface area contributed by atoms with E-state index in [1.807, 2.05) is 0 Å². The van der Waals surface area contributed by atoms with Crippen LogP contribution in [0.5, 0.6) is 0 Å². The van der Waals surface area contributed by atoms with Gasteiger partial charge in [-0.25, -0.2) is 13.2 Å². The zero-order chi connectivity index (χ0) is 15.3. The third-order valence-electron chi connectivity index (χ3n) is 2.50. The predicted octanol–water partition coefficient (Wildman–Crippen LogP) is 1.17. The molecule has 0 amide bonds. The second-order valence-corrected chi connectivity index (χ2v) is 6.10. The Morgan fingerprint density at radius 2 is 2.15 bits per heavy atom. The molecule has 1 rings (SSSR count). The van der Waals surface area contributed by atoms with E-state index in [9.17, 15) is 13.2 Å². The molecule has 1 N–H and O–H groups in total. The number of aromatic amines is 1. The summed E-state index contributed by atoms with van der Waals surface area (Å²) in [5, 5.41) is 5.75. The summed E-state index contributed by atoms with van der Waals surface area (Å²) in [6.45, 7) is 9.39. The summed E-state index contributed by atoms with van der Waals surface area (Å²) in [6.07, 6.45) is 1.15. The zero-order valence-electron chi connectivity index (χ0n) is 11.8. The molecule has 0 aromatic carbocycles. The Kier molecular flexibility index (Phi) is 5.46. The minimum Gasteiger partial charge on any atom is -0.462 e. The van der Waals surface area contributed by atoms with E-state index in [-0.39, 0.29) is 30.3 Å². The number of carbonyl (C=O) groups excluding carboxylic acids is 1. The summed E-state index contributed by atoms with van der Waals surface area (Å²) in [7, 11) is -3.84. The average molecular weight is 301 g/mol. The summed E-state index contributed by atoms with van der Waals surface area (Å²) in [6, 6.07) is 0. The second-order valence-electron chi connectivity index (χ2n) is 4.22. The van der Waals surface area contributed by atoms with Gasteiger partial charge in [-0.05, 0) is 13.8 Å². The van der Waals surface area contributed by atoms with Crippen molar-refractivity contribution in [3.8, 4) is 0 Å². The number of aromatic nitrogens is 2. The van der Waals surface area contributed by atoms with E-state index >= 15 is 0 Å². The van der Waals surface area contributed by atoms with E-state index in [2.05, 4.69) is 16.8 Å². The lowest BCUT2D eigenvalue weighted by atomic mass is 10.3. The van der Waals surface area contributed by atoms with Gasteiger partial charge in [0.25, 0.3) is 10.0 Å². The zero-order valence-corrected chi connectivity index (χ0v) is 12.7. The Labute approximate surface area is 118 Å². The van der Waals surface area contributed by atoms with Gasteiger partial charge in [0.15, 0.2) is 5.03 Å². The van der Waals surface area contributed by atoms with Crippen molar-refractivity contribution in [1.82, 2.24) is 14.5 Å². The third-order valence-corrected chi connectivity index (χ3v) is 4.39. The number of H-pyrrole nitrogens is 1. The van der Waals surface area contributed by atoms with Crippen LogP contribution in [0.4, 0.5) is 0 Å². The Morgan fingerprint density at radius 3 is 2.65 bits per heavy atom. The summed E-state index contributed by atoms with van der Waals surface area (Å²) >= 11 is 0. The molecule has 8 heteroatoms. The number of nitrogens with zero attached hydrogens (tertiary/aromatic N) is 2. The average Bonchev–Trinajstić information content (AvgIpc) is 2.85. The van der Waals surface area contributed by atoms with Crippen molar-refractivity contribution in [2.75, 3.05) is 19.7 Å². The fraction of sp³-hybridized carbons (Fsp3) is 0.500. The molecule has 0 fully saturated rings. The van der Waals surface area contributed by atoms with Gasteiger partial charge in [0.1, 0.15) is 5.56 Å². The van der Waals surface area contributed by atoms with E-state index in [4.69, 9.17) is 4.74 Å². The van der Waals surface area contributed by atoms with Gasteiger partial charge >= 0.3 is 5.97 Å². The molecule has 1 heterocycles. The lowest BCUT2D eigenvalue weighted by Crippen LogP contribution is -2.33. The predicted molar refractivity (Wildman–Crippen MR) is 73.8 cm³/mol. The van der Waals surface area contributed by atoms with Crippen LogP contribution in [0.2, 0.25) is 0 Å². The molecule has 0 spiro atoms. The number of carbonyl (C=O) groups is 1. The van der Waals surface area contributed by atoms with Crippen molar-refractivity contribution in [1.29, 1.82) is 0 Å². The van der Waals surface area contributed by atoms with Gasteiger partial charge in [-0.15, -0.1) is 0 Å². The first-order chi connectivity index (χ1) is 9.34. The van der Waals surface area contributed by atoms with E-state index in [0.29, 0.717) is 5.57 Å². The Balaban J connectivity index is 3.19. The summed E-state index contributed by atoms with van der Waals surface area (Å²) in [5.74, 6) is -0.716. The van der Waals surface area contributed by atoms with Gasteiger partial charge in [-0.3, -0.25) is 5.10 Å². The minimum absolute atomic E-state index is 0.0907. The van der Waals surface area contributed by atoms with Crippen LogP contribution in [0.15, 0.2) is 23.4 Å². The van der Waals surface area contributed by atoms with E-state index in [1.165, 1.54) is 4.31 Å².